The smallest absolute Gasteiger partial charge is 0.327 e. The molecule has 0 radical (unpaired) electrons. The van der Waals surface area contributed by atoms with Gasteiger partial charge in [-0.25, -0.2) is 4.79 Å². The molecule has 0 amide bonds. The molecule has 0 aromatic heterocycles. The van der Waals surface area contributed by atoms with Crippen LogP contribution in [0.25, 0.3) is 0 Å². The van der Waals surface area contributed by atoms with Crippen LogP contribution in [0, 0.1) is 0 Å². The summed E-state index contributed by atoms with van der Waals surface area (Å²) < 4.78 is 0. The van der Waals surface area contributed by atoms with E-state index in [1.807, 2.05) is 0 Å². The zero-order chi connectivity index (χ0) is 9.56. The molecule has 12 heavy (non-hydrogen) atoms. The van der Waals surface area contributed by atoms with Gasteiger partial charge in [-0.15, -0.1) is 0 Å². The average Bonchev–Trinajstić information content (AvgIpc) is 1.97. The van der Waals surface area contributed by atoms with Crippen LogP contribution in [0.1, 0.15) is 19.8 Å². The predicted octanol–water partition coefficient (Wildman–Crippen LogP) is 0.115. The number of rotatable bonds is 5. The van der Waals surface area contributed by atoms with Gasteiger partial charge < -0.3 is 15.9 Å². The maximum absolute atomic E-state index is 10.0. The first-order chi connectivity index (χ1) is 5.54. The van der Waals surface area contributed by atoms with Gasteiger partial charge in [-0.05, 0) is 19.8 Å². The second kappa shape index (κ2) is 5.74. The Morgan fingerprint density at radius 1 is 1.67 bits per heavy atom. The SMILES string of the molecule is CC(O)C(N)CC/C=C/C(=O)O. The topological polar surface area (TPSA) is 83.5 Å². The highest BCUT2D eigenvalue weighted by Gasteiger charge is 2.06. The summed E-state index contributed by atoms with van der Waals surface area (Å²) >= 11 is 0. The molecule has 0 spiro atoms. The second-order valence-corrected chi connectivity index (χ2v) is 2.72. The zero-order valence-electron chi connectivity index (χ0n) is 7.10. The maximum Gasteiger partial charge on any atom is 0.327 e. The van der Waals surface area contributed by atoms with E-state index < -0.39 is 12.1 Å². The third-order valence-corrected chi connectivity index (χ3v) is 1.55. The zero-order valence-corrected chi connectivity index (χ0v) is 7.10. The summed E-state index contributed by atoms with van der Waals surface area (Å²) in [7, 11) is 0. The highest BCUT2D eigenvalue weighted by Crippen LogP contribution is 1.99. The molecule has 4 N–H and O–H groups in total. The van der Waals surface area contributed by atoms with Crippen molar-refractivity contribution in [2.45, 2.75) is 31.9 Å². The largest absolute Gasteiger partial charge is 0.478 e. The first kappa shape index (κ1) is 11.1. The number of carboxylic acids is 1. The molecule has 0 aliphatic rings. The summed E-state index contributed by atoms with van der Waals surface area (Å²) in [6.07, 6.45) is 3.25. The highest BCUT2D eigenvalue weighted by molar-refractivity contribution is 5.79. The van der Waals surface area contributed by atoms with E-state index in [1.54, 1.807) is 6.92 Å². The van der Waals surface area contributed by atoms with Crippen LogP contribution in [0.5, 0.6) is 0 Å². The molecule has 4 nitrogen and oxygen atoms in total. The van der Waals surface area contributed by atoms with Gasteiger partial charge in [0.25, 0.3) is 0 Å². The van der Waals surface area contributed by atoms with Crippen molar-refractivity contribution >= 4 is 5.97 Å². The van der Waals surface area contributed by atoms with E-state index in [9.17, 15) is 4.79 Å². The van der Waals surface area contributed by atoms with Crippen molar-refractivity contribution in [3.8, 4) is 0 Å². The molecule has 0 rings (SSSR count). The Hall–Kier alpha value is -0.870. The molecule has 0 fully saturated rings. The number of carboxylic acid groups (broad SMARTS) is 1. The van der Waals surface area contributed by atoms with Crippen LogP contribution in [-0.2, 0) is 4.79 Å². The van der Waals surface area contributed by atoms with Gasteiger partial charge in [0.15, 0.2) is 0 Å². The molecule has 2 atom stereocenters. The van der Waals surface area contributed by atoms with Crippen LogP contribution in [0.15, 0.2) is 12.2 Å². The van der Waals surface area contributed by atoms with Gasteiger partial charge in [0.1, 0.15) is 0 Å². The van der Waals surface area contributed by atoms with Gasteiger partial charge in [-0.2, -0.15) is 0 Å². The molecule has 0 aromatic carbocycles. The standard InChI is InChI=1S/C8H15NO3/c1-6(10)7(9)4-2-3-5-8(11)12/h3,5-7,10H,2,4,9H2,1H3,(H,11,12)/b5-3+. The fraction of sp³-hybridized carbons (Fsp3) is 0.625. The van der Waals surface area contributed by atoms with Gasteiger partial charge in [0, 0.05) is 12.1 Å². The minimum Gasteiger partial charge on any atom is -0.478 e. The minimum absolute atomic E-state index is 0.275. The van der Waals surface area contributed by atoms with E-state index in [-0.39, 0.29) is 6.04 Å². The summed E-state index contributed by atoms with van der Waals surface area (Å²) in [5.41, 5.74) is 5.50. The van der Waals surface area contributed by atoms with Gasteiger partial charge in [-0.3, -0.25) is 0 Å². The molecular weight excluding hydrogens is 158 g/mol. The normalized spacial score (nSPS) is 16.2. The Balaban J connectivity index is 3.49. The summed E-state index contributed by atoms with van der Waals surface area (Å²) in [5, 5.41) is 17.2. The molecule has 70 valence electrons. The van der Waals surface area contributed by atoms with Gasteiger partial charge >= 0.3 is 5.97 Å². The molecule has 0 saturated carbocycles. The summed E-state index contributed by atoms with van der Waals surface area (Å²) in [5.74, 6) is -0.958. The van der Waals surface area contributed by atoms with Crippen LogP contribution in [0.2, 0.25) is 0 Å². The lowest BCUT2D eigenvalue weighted by Gasteiger charge is -2.12. The molecule has 0 saturated heterocycles. The van der Waals surface area contributed by atoms with E-state index in [2.05, 4.69) is 0 Å². The first-order valence-corrected chi connectivity index (χ1v) is 3.87. The number of allylic oxidation sites excluding steroid dienone is 1. The van der Waals surface area contributed by atoms with Crippen molar-refractivity contribution in [1.82, 2.24) is 0 Å². The van der Waals surface area contributed by atoms with Crippen molar-refractivity contribution in [3.05, 3.63) is 12.2 Å². The molecule has 0 heterocycles. The van der Waals surface area contributed by atoms with Crippen LogP contribution in [0.4, 0.5) is 0 Å². The molecule has 0 bridgehead atoms. The summed E-state index contributed by atoms with van der Waals surface area (Å²) in [4.78, 5) is 10.0. The predicted molar refractivity (Wildman–Crippen MR) is 45.7 cm³/mol. The number of hydrogen-bond acceptors (Lipinski definition) is 3. The second-order valence-electron chi connectivity index (χ2n) is 2.72. The number of nitrogens with two attached hydrogens (primary N) is 1. The number of aliphatic hydroxyl groups excluding tert-OH is 1. The van der Waals surface area contributed by atoms with E-state index in [0.29, 0.717) is 12.8 Å². The lowest BCUT2D eigenvalue weighted by molar-refractivity contribution is -0.131. The Morgan fingerprint density at radius 3 is 2.67 bits per heavy atom. The van der Waals surface area contributed by atoms with Crippen molar-refractivity contribution in [3.63, 3.8) is 0 Å². The third kappa shape index (κ3) is 5.88. The van der Waals surface area contributed by atoms with E-state index in [0.717, 1.165) is 6.08 Å². The van der Waals surface area contributed by atoms with E-state index in [4.69, 9.17) is 15.9 Å². The fourth-order valence-corrected chi connectivity index (χ4v) is 0.714. The van der Waals surface area contributed by atoms with E-state index in [1.165, 1.54) is 6.08 Å². The first-order valence-electron chi connectivity index (χ1n) is 3.87. The van der Waals surface area contributed by atoms with Crippen molar-refractivity contribution in [1.29, 1.82) is 0 Å². The number of hydrogen-bond donors (Lipinski definition) is 3. The molecule has 0 aliphatic heterocycles. The number of carbonyl (C=O) groups is 1. The van der Waals surface area contributed by atoms with Gasteiger partial charge in [0.05, 0.1) is 6.10 Å². The third-order valence-electron chi connectivity index (χ3n) is 1.55. The Bertz CT molecular complexity index is 166. The van der Waals surface area contributed by atoms with Crippen LogP contribution in [-0.4, -0.2) is 28.3 Å². The Kier molecular flexibility index (Phi) is 5.32. The van der Waals surface area contributed by atoms with Gasteiger partial charge in [-0.1, -0.05) is 6.08 Å². The minimum atomic E-state index is -0.958. The monoisotopic (exact) mass is 173 g/mol. The average molecular weight is 173 g/mol. The fourth-order valence-electron chi connectivity index (χ4n) is 0.714. The maximum atomic E-state index is 10.0. The molecular formula is C8H15NO3. The molecule has 4 heteroatoms. The lowest BCUT2D eigenvalue weighted by Crippen LogP contribution is -2.31. The van der Waals surface area contributed by atoms with Crippen molar-refractivity contribution in [2.75, 3.05) is 0 Å². The molecule has 2 unspecified atom stereocenters. The summed E-state index contributed by atoms with van der Waals surface area (Å²) in [6, 6.07) is -0.275. The number of aliphatic carboxylic acids is 1. The number of aliphatic hydroxyl groups is 1. The van der Waals surface area contributed by atoms with Crippen LogP contribution >= 0.6 is 0 Å². The van der Waals surface area contributed by atoms with Crippen molar-refractivity contribution < 1.29 is 15.0 Å². The van der Waals surface area contributed by atoms with E-state index >= 15 is 0 Å². The molecule has 0 aliphatic carbocycles. The quantitative estimate of drug-likeness (QED) is 0.515. The van der Waals surface area contributed by atoms with Gasteiger partial charge in [0.2, 0.25) is 0 Å². The lowest BCUT2D eigenvalue weighted by atomic mass is 10.1. The van der Waals surface area contributed by atoms with Crippen LogP contribution < -0.4 is 5.73 Å². The Labute approximate surface area is 71.7 Å². The highest BCUT2D eigenvalue weighted by atomic mass is 16.4. The van der Waals surface area contributed by atoms with Crippen LogP contribution in [0.3, 0.4) is 0 Å². The Morgan fingerprint density at radius 2 is 2.25 bits per heavy atom. The molecule has 0 aromatic rings. The summed E-state index contributed by atoms with van der Waals surface area (Å²) in [6.45, 7) is 1.62. The van der Waals surface area contributed by atoms with Crippen molar-refractivity contribution in [2.24, 2.45) is 5.73 Å².